The molecule has 1 fully saturated rings. The summed E-state index contributed by atoms with van der Waals surface area (Å²) in [5.41, 5.74) is 3.03. The van der Waals surface area contributed by atoms with Gasteiger partial charge in [0.05, 0.1) is 5.41 Å². The zero-order valence-corrected chi connectivity index (χ0v) is 17.0. The Morgan fingerprint density at radius 1 is 1.32 bits per heavy atom. The summed E-state index contributed by atoms with van der Waals surface area (Å²) in [5.74, 6) is 0.138. The number of hydrogen-bond acceptors (Lipinski definition) is 3. The minimum atomic E-state index is -0.427. The van der Waals surface area contributed by atoms with Crippen molar-refractivity contribution in [3.8, 4) is 11.1 Å². The fourth-order valence-electron chi connectivity index (χ4n) is 4.21. The highest BCUT2D eigenvalue weighted by Crippen LogP contribution is 2.37. The average molecular weight is 378 g/mol. The quantitative estimate of drug-likeness (QED) is 0.740. The van der Waals surface area contributed by atoms with Gasteiger partial charge in [0.1, 0.15) is 0 Å². The maximum Gasteiger partial charge on any atom is 0.228 e. The van der Waals surface area contributed by atoms with Gasteiger partial charge in [0.2, 0.25) is 5.91 Å². The molecule has 28 heavy (non-hydrogen) atoms. The number of pyridine rings is 1. The Hall–Kier alpha value is -2.46. The number of carbonyl (C=O) groups is 1. The second-order valence-electron chi connectivity index (χ2n) is 8.02. The van der Waals surface area contributed by atoms with Gasteiger partial charge in [-0.2, -0.15) is 0 Å². The molecule has 1 aliphatic rings. The number of hydrogen-bond donors (Lipinski definition) is 1. The first-order chi connectivity index (χ1) is 13.6. The third-order valence-corrected chi connectivity index (χ3v) is 5.74. The molecule has 0 saturated carbocycles. The predicted octanol–water partition coefficient (Wildman–Crippen LogP) is 4.08. The second-order valence-corrected chi connectivity index (χ2v) is 8.02. The summed E-state index contributed by atoms with van der Waals surface area (Å²) in [6.07, 6.45) is 8.10. The number of nitrogens with one attached hydrogen (secondary N) is 1. The first-order valence-electron chi connectivity index (χ1n) is 10.2. The number of amides is 1. The third-order valence-electron chi connectivity index (χ3n) is 5.74. The van der Waals surface area contributed by atoms with Crippen LogP contribution in [0, 0.1) is 5.41 Å². The Balaban J connectivity index is 1.97. The van der Waals surface area contributed by atoms with Crippen molar-refractivity contribution >= 4 is 5.91 Å². The van der Waals surface area contributed by atoms with E-state index in [1.54, 1.807) is 12.3 Å². The number of carbonyl (C=O) groups excluding carboxylic acids is 1. The molecule has 4 nitrogen and oxygen atoms in total. The molecule has 0 aliphatic carbocycles. The maximum atomic E-state index is 13.3. The number of likely N-dealkylation sites (tertiary alicyclic amines) is 1. The Labute approximate surface area is 168 Å². The monoisotopic (exact) mass is 377 g/mol. The van der Waals surface area contributed by atoms with E-state index in [1.165, 1.54) is 5.56 Å². The van der Waals surface area contributed by atoms with Crippen LogP contribution in [0.15, 0.2) is 61.4 Å². The minimum Gasteiger partial charge on any atom is -0.352 e. The lowest BCUT2D eigenvalue weighted by atomic mass is 9.73. The molecule has 1 atom stereocenters. The minimum absolute atomic E-state index is 0.138. The van der Waals surface area contributed by atoms with Gasteiger partial charge in [-0.15, -0.1) is 6.58 Å². The standard InChI is InChI=1S/C24H31N3O/c1-4-13-26-23(28)24(12-8-15-27(18-24)19(2)3)16-20-9-5-6-11-22(20)21-10-7-14-25-17-21/h4-7,9-11,14,17,19H,1,8,12-13,15-16,18H2,2-3H3,(H,26,28)/t24-/m0/s1. The van der Waals surface area contributed by atoms with Gasteiger partial charge in [0, 0.05) is 37.1 Å². The second kappa shape index (κ2) is 9.16. The summed E-state index contributed by atoms with van der Waals surface area (Å²) < 4.78 is 0. The molecule has 1 aliphatic heterocycles. The van der Waals surface area contributed by atoms with Crippen LogP contribution in [0.4, 0.5) is 0 Å². The maximum absolute atomic E-state index is 13.3. The number of benzene rings is 1. The molecule has 1 aromatic heterocycles. The van der Waals surface area contributed by atoms with E-state index in [2.05, 4.69) is 66.0 Å². The summed E-state index contributed by atoms with van der Waals surface area (Å²) in [6.45, 7) is 10.5. The van der Waals surface area contributed by atoms with Crippen molar-refractivity contribution in [2.24, 2.45) is 5.41 Å². The highest BCUT2D eigenvalue weighted by Gasteiger charge is 2.42. The van der Waals surface area contributed by atoms with Gasteiger partial charge in [0.15, 0.2) is 0 Å². The Bertz CT molecular complexity index is 803. The van der Waals surface area contributed by atoms with Crippen molar-refractivity contribution < 1.29 is 4.79 Å². The predicted molar refractivity (Wildman–Crippen MR) is 115 cm³/mol. The van der Waals surface area contributed by atoms with E-state index in [1.807, 2.05) is 12.3 Å². The van der Waals surface area contributed by atoms with Crippen LogP contribution in [0.1, 0.15) is 32.3 Å². The molecular weight excluding hydrogens is 346 g/mol. The molecule has 2 heterocycles. The lowest BCUT2D eigenvalue weighted by Gasteiger charge is -2.43. The highest BCUT2D eigenvalue weighted by atomic mass is 16.2. The molecule has 1 N–H and O–H groups in total. The first-order valence-corrected chi connectivity index (χ1v) is 10.2. The molecule has 1 aromatic carbocycles. The van der Waals surface area contributed by atoms with Crippen molar-refractivity contribution in [1.82, 2.24) is 15.2 Å². The van der Waals surface area contributed by atoms with Gasteiger partial charge in [-0.25, -0.2) is 0 Å². The molecule has 4 heteroatoms. The lowest BCUT2D eigenvalue weighted by molar-refractivity contribution is -0.134. The van der Waals surface area contributed by atoms with Crippen LogP contribution in [0.25, 0.3) is 11.1 Å². The zero-order chi connectivity index (χ0) is 20.0. The first kappa shape index (κ1) is 20.3. The molecule has 3 rings (SSSR count). The normalized spacial score (nSPS) is 20.1. The highest BCUT2D eigenvalue weighted by molar-refractivity contribution is 5.84. The van der Waals surface area contributed by atoms with E-state index in [-0.39, 0.29) is 5.91 Å². The van der Waals surface area contributed by atoms with E-state index in [0.29, 0.717) is 12.6 Å². The van der Waals surface area contributed by atoms with Crippen LogP contribution in [0.5, 0.6) is 0 Å². The van der Waals surface area contributed by atoms with Crippen molar-refractivity contribution in [2.45, 2.75) is 39.2 Å². The van der Waals surface area contributed by atoms with E-state index in [0.717, 1.165) is 43.5 Å². The van der Waals surface area contributed by atoms with Gasteiger partial charge < -0.3 is 5.32 Å². The van der Waals surface area contributed by atoms with E-state index in [9.17, 15) is 4.79 Å². The number of nitrogens with zero attached hydrogens (tertiary/aromatic N) is 2. The van der Waals surface area contributed by atoms with E-state index < -0.39 is 5.41 Å². The van der Waals surface area contributed by atoms with Gasteiger partial charge >= 0.3 is 0 Å². The lowest BCUT2D eigenvalue weighted by Crippen LogP contribution is -2.54. The molecule has 148 valence electrons. The van der Waals surface area contributed by atoms with Crippen LogP contribution in [0.2, 0.25) is 0 Å². The molecule has 0 spiro atoms. The molecular formula is C24H31N3O. The van der Waals surface area contributed by atoms with E-state index in [4.69, 9.17) is 0 Å². The van der Waals surface area contributed by atoms with Crippen LogP contribution in [-0.4, -0.2) is 41.5 Å². The molecule has 0 unspecified atom stereocenters. The number of piperidine rings is 1. The molecule has 2 aromatic rings. The van der Waals surface area contributed by atoms with Gasteiger partial charge in [-0.1, -0.05) is 36.4 Å². The average Bonchev–Trinajstić information content (AvgIpc) is 2.73. The summed E-state index contributed by atoms with van der Waals surface area (Å²) in [6, 6.07) is 12.9. The van der Waals surface area contributed by atoms with Crippen LogP contribution < -0.4 is 5.32 Å². The van der Waals surface area contributed by atoms with Crippen LogP contribution >= 0.6 is 0 Å². The topological polar surface area (TPSA) is 45.2 Å². The van der Waals surface area contributed by atoms with Gasteiger partial charge in [-0.3, -0.25) is 14.7 Å². The molecule has 0 radical (unpaired) electrons. The van der Waals surface area contributed by atoms with Crippen molar-refractivity contribution in [1.29, 1.82) is 0 Å². The molecule has 0 bridgehead atoms. The fourth-order valence-corrected chi connectivity index (χ4v) is 4.21. The van der Waals surface area contributed by atoms with Crippen molar-refractivity contribution in [2.75, 3.05) is 19.6 Å². The summed E-state index contributed by atoms with van der Waals surface area (Å²) in [7, 11) is 0. The van der Waals surface area contributed by atoms with Gasteiger partial charge in [0.25, 0.3) is 0 Å². The summed E-state index contributed by atoms with van der Waals surface area (Å²) in [4.78, 5) is 20.0. The summed E-state index contributed by atoms with van der Waals surface area (Å²) in [5, 5.41) is 3.09. The van der Waals surface area contributed by atoms with Crippen LogP contribution in [0.3, 0.4) is 0 Å². The SMILES string of the molecule is C=CCNC(=O)[C@]1(Cc2ccccc2-c2cccnc2)CCCN(C(C)C)C1. The third kappa shape index (κ3) is 4.50. The molecule has 1 saturated heterocycles. The Morgan fingerprint density at radius 2 is 2.14 bits per heavy atom. The fraction of sp³-hybridized carbons (Fsp3) is 0.417. The number of rotatable bonds is 7. The Kier molecular flexibility index (Phi) is 6.63. The largest absolute Gasteiger partial charge is 0.352 e. The van der Waals surface area contributed by atoms with Crippen molar-refractivity contribution in [3.05, 3.63) is 67.0 Å². The van der Waals surface area contributed by atoms with E-state index >= 15 is 0 Å². The van der Waals surface area contributed by atoms with Gasteiger partial charge in [-0.05, 0) is 56.8 Å². The Morgan fingerprint density at radius 3 is 2.86 bits per heavy atom. The summed E-state index contributed by atoms with van der Waals surface area (Å²) >= 11 is 0. The molecule has 1 amide bonds. The number of aromatic nitrogens is 1. The van der Waals surface area contributed by atoms with Crippen molar-refractivity contribution in [3.63, 3.8) is 0 Å². The smallest absolute Gasteiger partial charge is 0.228 e. The van der Waals surface area contributed by atoms with Crippen LogP contribution in [-0.2, 0) is 11.2 Å². The zero-order valence-electron chi connectivity index (χ0n) is 17.0.